The number of ether oxygens (including phenoxy) is 2. The lowest BCUT2D eigenvalue weighted by Gasteiger charge is -2.19. The molecule has 2 fully saturated rings. The maximum atomic E-state index is 11.8. The Morgan fingerprint density at radius 3 is 2.94 bits per heavy atom. The standard InChI is InChI=1S/C12H16N2O4/c15-9-4-2-1-3-8(9)12-13-11(14-18-12)10-7-16-5-6-17-10/h8,10H,1-7H2. The first-order valence-electron chi connectivity index (χ1n) is 6.40. The van der Waals surface area contributed by atoms with Crippen molar-refractivity contribution >= 4 is 5.78 Å². The normalized spacial score (nSPS) is 29.4. The van der Waals surface area contributed by atoms with Crippen molar-refractivity contribution in [2.75, 3.05) is 19.8 Å². The van der Waals surface area contributed by atoms with Crippen LogP contribution < -0.4 is 0 Å². The van der Waals surface area contributed by atoms with E-state index < -0.39 is 0 Å². The second-order valence-corrected chi connectivity index (χ2v) is 4.69. The van der Waals surface area contributed by atoms with E-state index >= 15 is 0 Å². The van der Waals surface area contributed by atoms with Gasteiger partial charge < -0.3 is 14.0 Å². The third-order valence-electron chi connectivity index (χ3n) is 3.41. The molecule has 2 aliphatic rings. The van der Waals surface area contributed by atoms with Crippen molar-refractivity contribution in [1.82, 2.24) is 10.1 Å². The number of nitrogens with zero attached hydrogens (tertiary/aromatic N) is 2. The number of rotatable bonds is 2. The summed E-state index contributed by atoms with van der Waals surface area (Å²) >= 11 is 0. The number of hydrogen-bond donors (Lipinski definition) is 0. The summed E-state index contributed by atoms with van der Waals surface area (Å²) in [6.45, 7) is 1.58. The van der Waals surface area contributed by atoms with Gasteiger partial charge in [-0.05, 0) is 12.8 Å². The first-order chi connectivity index (χ1) is 8.84. The lowest BCUT2D eigenvalue weighted by Crippen LogP contribution is -2.23. The first-order valence-corrected chi connectivity index (χ1v) is 6.40. The van der Waals surface area contributed by atoms with Crippen molar-refractivity contribution in [3.63, 3.8) is 0 Å². The van der Waals surface area contributed by atoms with Crippen molar-refractivity contribution in [3.05, 3.63) is 11.7 Å². The molecule has 1 saturated heterocycles. The molecule has 2 atom stereocenters. The van der Waals surface area contributed by atoms with E-state index in [0.717, 1.165) is 19.3 Å². The fourth-order valence-corrected chi connectivity index (χ4v) is 2.40. The predicted octanol–water partition coefficient (Wildman–Crippen LogP) is 1.38. The van der Waals surface area contributed by atoms with Crippen LogP contribution >= 0.6 is 0 Å². The highest BCUT2D eigenvalue weighted by Crippen LogP contribution is 2.30. The van der Waals surface area contributed by atoms with Gasteiger partial charge >= 0.3 is 0 Å². The van der Waals surface area contributed by atoms with Gasteiger partial charge in [-0.15, -0.1) is 0 Å². The van der Waals surface area contributed by atoms with Crippen molar-refractivity contribution in [2.24, 2.45) is 0 Å². The second-order valence-electron chi connectivity index (χ2n) is 4.69. The molecule has 0 amide bonds. The molecule has 1 aliphatic carbocycles. The van der Waals surface area contributed by atoms with Gasteiger partial charge in [-0.2, -0.15) is 4.98 Å². The molecule has 1 aromatic rings. The van der Waals surface area contributed by atoms with Gasteiger partial charge in [0.1, 0.15) is 11.9 Å². The monoisotopic (exact) mass is 252 g/mol. The summed E-state index contributed by atoms with van der Waals surface area (Å²) in [4.78, 5) is 16.1. The molecule has 6 heteroatoms. The Morgan fingerprint density at radius 2 is 2.17 bits per heavy atom. The highest BCUT2D eigenvalue weighted by molar-refractivity contribution is 5.85. The van der Waals surface area contributed by atoms with Crippen LogP contribution in [-0.4, -0.2) is 35.7 Å². The molecule has 1 saturated carbocycles. The molecule has 0 spiro atoms. The molecule has 2 heterocycles. The maximum Gasteiger partial charge on any atom is 0.237 e. The minimum atomic E-state index is -0.269. The number of Topliss-reactive ketones (excluding diaryl/α,β-unsaturated/α-hetero) is 1. The summed E-state index contributed by atoms with van der Waals surface area (Å²) in [6.07, 6.45) is 3.16. The van der Waals surface area contributed by atoms with Gasteiger partial charge in [0.15, 0.2) is 0 Å². The molecular formula is C12H16N2O4. The van der Waals surface area contributed by atoms with Gasteiger partial charge in [-0.25, -0.2) is 0 Å². The average molecular weight is 252 g/mol. The number of aromatic nitrogens is 2. The molecule has 0 bridgehead atoms. The molecule has 18 heavy (non-hydrogen) atoms. The zero-order chi connectivity index (χ0) is 12.4. The van der Waals surface area contributed by atoms with Crippen LogP contribution in [0.4, 0.5) is 0 Å². The predicted molar refractivity (Wildman–Crippen MR) is 60.0 cm³/mol. The van der Waals surface area contributed by atoms with Crippen LogP contribution in [0.5, 0.6) is 0 Å². The SMILES string of the molecule is O=C1CCCCC1c1nc(C2COCCO2)no1. The molecule has 6 nitrogen and oxygen atoms in total. The summed E-state index contributed by atoms with van der Waals surface area (Å²) in [5.41, 5.74) is 0. The smallest absolute Gasteiger partial charge is 0.237 e. The molecular weight excluding hydrogens is 236 g/mol. The minimum absolute atomic E-state index is 0.206. The summed E-state index contributed by atoms with van der Waals surface area (Å²) in [5, 5.41) is 3.91. The summed E-state index contributed by atoms with van der Waals surface area (Å²) in [6, 6.07) is 0. The second kappa shape index (κ2) is 5.16. The van der Waals surface area contributed by atoms with E-state index in [2.05, 4.69) is 10.1 Å². The Balaban J connectivity index is 1.73. The van der Waals surface area contributed by atoms with Gasteiger partial charge in [0.2, 0.25) is 11.7 Å². The third-order valence-corrected chi connectivity index (χ3v) is 3.41. The van der Waals surface area contributed by atoms with Gasteiger partial charge in [-0.1, -0.05) is 11.6 Å². The number of ketones is 1. The summed E-state index contributed by atoms with van der Waals surface area (Å²) in [7, 11) is 0. The Morgan fingerprint density at radius 1 is 1.22 bits per heavy atom. The number of hydrogen-bond acceptors (Lipinski definition) is 6. The van der Waals surface area contributed by atoms with Crippen molar-refractivity contribution in [2.45, 2.75) is 37.7 Å². The van der Waals surface area contributed by atoms with E-state index in [-0.39, 0.29) is 17.8 Å². The zero-order valence-corrected chi connectivity index (χ0v) is 10.1. The van der Waals surface area contributed by atoms with Gasteiger partial charge in [0.05, 0.1) is 25.7 Å². The summed E-state index contributed by atoms with van der Waals surface area (Å²) in [5.74, 6) is 0.911. The first kappa shape index (κ1) is 11.8. The Bertz CT molecular complexity index is 425. The molecule has 3 rings (SSSR count). The topological polar surface area (TPSA) is 74.5 Å². The highest BCUT2D eigenvalue weighted by atomic mass is 16.6. The van der Waals surface area contributed by atoms with Crippen molar-refractivity contribution in [3.8, 4) is 0 Å². The molecule has 98 valence electrons. The molecule has 2 unspecified atom stereocenters. The quantitative estimate of drug-likeness (QED) is 0.791. The van der Waals surface area contributed by atoms with E-state index in [1.165, 1.54) is 0 Å². The maximum absolute atomic E-state index is 11.8. The largest absolute Gasteiger partial charge is 0.376 e. The van der Waals surface area contributed by atoms with E-state index in [1.807, 2.05) is 0 Å². The Labute approximate surface area is 105 Å². The lowest BCUT2D eigenvalue weighted by atomic mass is 9.88. The van der Waals surface area contributed by atoms with E-state index in [0.29, 0.717) is 38.0 Å². The molecule has 0 aromatic carbocycles. The van der Waals surface area contributed by atoms with Gasteiger partial charge in [-0.3, -0.25) is 4.79 Å². The molecule has 0 radical (unpaired) electrons. The summed E-state index contributed by atoms with van der Waals surface area (Å²) < 4.78 is 16.0. The highest BCUT2D eigenvalue weighted by Gasteiger charge is 2.30. The van der Waals surface area contributed by atoms with Crippen LogP contribution in [0.1, 0.15) is 49.4 Å². The van der Waals surface area contributed by atoms with Gasteiger partial charge in [0, 0.05) is 6.42 Å². The van der Waals surface area contributed by atoms with Crippen LogP contribution in [-0.2, 0) is 14.3 Å². The average Bonchev–Trinajstić information content (AvgIpc) is 2.90. The number of carbonyl (C=O) groups is 1. The van der Waals surface area contributed by atoms with E-state index in [9.17, 15) is 4.79 Å². The number of carbonyl (C=O) groups excluding carboxylic acids is 1. The molecule has 1 aromatic heterocycles. The van der Waals surface area contributed by atoms with Crippen LogP contribution in [0, 0.1) is 0 Å². The van der Waals surface area contributed by atoms with Crippen molar-refractivity contribution < 1.29 is 18.8 Å². The van der Waals surface area contributed by atoms with Crippen LogP contribution in [0.25, 0.3) is 0 Å². The minimum Gasteiger partial charge on any atom is -0.376 e. The Hall–Kier alpha value is -1.27. The van der Waals surface area contributed by atoms with E-state index in [1.54, 1.807) is 0 Å². The zero-order valence-electron chi connectivity index (χ0n) is 10.1. The van der Waals surface area contributed by atoms with E-state index in [4.69, 9.17) is 14.0 Å². The van der Waals surface area contributed by atoms with Crippen LogP contribution in [0.15, 0.2) is 4.52 Å². The Kier molecular flexibility index (Phi) is 3.38. The van der Waals surface area contributed by atoms with Crippen molar-refractivity contribution in [1.29, 1.82) is 0 Å². The van der Waals surface area contributed by atoms with Crippen LogP contribution in [0.3, 0.4) is 0 Å². The molecule has 1 aliphatic heterocycles. The fourth-order valence-electron chi connectivity index (χ4n) is 2.40. The van der Waals surface area contributed by atoms with Gasteiger partial charge in [0.25, 0.3) is 0 Å². The fraction of sp³-hybridized carbons (Fsp3) is 0.750. The lowest BCUT2D eigenvalue weighted by molar-refractivity contribution is -0.122. The molecule has 0 N–H and O–H groups in total. The third kappa shape index (κ3) is 2.30. The van der Waals surface area contributed by atoms with Crippen LogP contribution in [0.2, 0.25) is 0 Å².